The molecule has 0 aliphatic carbocycles. The molecule has 0 spiro atoms. The zero-order valence-electron chi connectivity index (χ0n) is 18.9. The molecule has 2 aromatic carbocycles. The molecule has 0 unspecified atom stereocenters. The Labute approximate surface area is 197 Å². The van der Waals surface area contributed by atoms with Crippen molar-refractivity contribution >= 4 is 33.6 Å². The summed E-state index contributed by atoms with van der Waals surface area (Å²) in [6.07, 6.45) is 2.72. The summed E-state index contributed by atoms with van der Waals surface area (Å²) < 4.78 is 41.7. The molecule has 0 atom stereocenters. The summed E-state index contributed by atoms with van der Waals surface area (Å²) in [6.45, 7) is 0.638. The topological polar surface area (TPSA) is 128 Å². The quantitative estimate of drug-likeness (QED) is 0.559. The van der Waals surface area contributed by atoms with Crippen LogP contribution in [0.25, 0.3) is 0 Å². The van der Waals surface area contributed by atoms with E-state index in [0.717, 1.165) is 19.3 Å². The predicted molar refractivity (Wildman–Crippen MR) is 122 cm³/mol. The van der Waals surface area contributed by atoms with E-state index in [0.29, 0.717) is 18.8 Å². The van der Waals surface area contributed by atoms with E-state index in [-0.39, 0.29) is 28.3 Å². The third kappa shape index (κ3) is 6.12. The molecule has 0 radical (unpaired) electrons. The molecule has 1 aliphatic heterocycles. The van der Waals surface area contributed by atoms with E-state index in [2.05, 4.69) is 14.8 Å². The summed E-state index contributed by atoms with van der Waals surface area (Å²) in [6, 6.07) is 9.87. The first-order valence-electron chi connectivity index (χ1n) is 10.6. The highest BCUT2D eigenvalue weighted by molar-refractivity contribution is 7.89. The second kappa shape index (κ2) is 11.1. The fourth-order valence-corrected chi connectivity index (χ4v) is 5.00. The molecule has 3 rings (SSSR count). The molecule has 1 amide bonds. The minimum Gasteiger partial charge on any atom is -0.484 e. The van der Waals surface area contributed by atoms with Crippen LogP contribution in [0.15, 0.2) is 47.4 Å². The van der Waals surface area contributed by atoms with Crippen LogP contribution in [0, 0.1) is 0 Å². The third-order valence-corrected chi connectivity index (χ3v) is 7.12. The van der Waals surface area contributed by atoms with Crippen LogP contribution in [0.1, 0.15) is 40.0 Å². The van der Waals surface area contributed by atoms with Crippen LogP contribution in [-0.4, -0.2) is 64.5 Å². The summed E-state index contributed by atoms with van der Waals surface area (Å²) in [5, 5.41) is 2.55. The molecule has 10 nitrogen and oxygen atoms in total. The first kappa shape index (κ1) is 25.2. The van der Waals surface area contributed by atoms with Crippen molar-refractivity contribution in [2.75, 3.05) is 39.2 Å². The molecule has 1 heterocycles. The number of anilines is 1. The summed E-state index contributed by atoms with van der Waals surface area (Å²) in [5.74, 6) is -1.61. The number of sulfonamides is 1. The summed E-state index contributed by atoms with van der Waals surface area (Å²) in [4.78, 5) is 36.3. The minimum absolute atomic E-state index is 0.0621. The molecular formula is C23H26N2O8S. The maximum absolute atomic E-state index is 12.7. The first-order valence-corrected chi connectivity index (χ1v) is 12.0. The minimum atomic E-state index is -3.55. The molecule has 1 N–H and O–H groups in total. The number of ether oxygens (including phenoxy) is 3. The van der Waals surface area contributed by atoms with Gasteiger partial charge in [0.15, 0.2) is 6.61 Å². The molecule has 1 saturated heterocycles. The summed E-state index contributed by atoms with van der Waals surface area (Å²) >= 11 is 0. The number of piperidine rings is 1. The lowest BCUT2D eigenvalue weighted by atomic mass is 10.1. The zero-order chi connectivity index (χ0) is 24.7. The molecule has 34 heavy (non-hydrogen) atoms. The average molecular weight is 491 g/mol. The smallest absolute Gasteiger partial charge is 0.337 e. The molecule has 0 bridgehead atoms. The lowest BCUT2D eigenvalue weighted by molar-refractivity contribution is -0.118. The second-order valence-electron chi connectivity index (χ2n) is 7.56. The van der Waals surface area contributed by atoms with Gasteiger partial charge in [0.2, 0.25) is 10.0 Å². The van der Waals surface area contributed by atoms with Crippen LogP contribution >= 0.6 is 0 Å². The van der Waals surface area contributed by atoms with E-state index < -0.39 is 27.9 Å². The molecule has 1 aliphatic rings. The Hall–Kier alpha value is -3.44. The number of nitrogens with one attached hydrogen (secondary N) is 1. The Balaban J connectivity index is 1.64. The van der Waals surface area contributed by atoms with Crippen LogP contribution in [0.4, 0.5) is 5.69 Å². The van der Waals surface area contributed by atoms with E-state index in [1.165, 1.54) is 61.0 Å². The second-order valence-corrected chi connectivity index (χ2v) is 9.49. The van der Waals surface area contributed by atoms with Crippen LogP contribution in [0.5, 0.6) is 5.75 Å². The zero-order valence-corrected chi connectivity index (χ0v) is 19.7. The lowest BCUT2D eigenvalue weighted by Gasteiger charge is -2.25. The summed E-state index contributed by atoms with van der Waals surface area (Å²) in [5.41, 5.74) is 0.305. The van der Waals surface area contributed by atoms with Gasteiger partial charge in [-0.25, -0.2) is 18.0 Å². The number of esters is 2. The van der Waals surface area contributed by atoms with Gasteiger partial charge in [0.1, 0.15) is 5.75 Å². The fourth-order valence-electron chi connectivity index (χ4n) is 3.48. The van der Waals surface area contributed by atoms with Crippen molar-refractivity contribution in [2.45, 2.75) is 24.2 Å². The van der Waals surface area contributed by atoms with Crippen LogP contribution < -0.4 is 10.1 Å². The number of nitrogens with zero attached hydrogens (tertiary/aromatic N) is 1. The highest BCUT2D eigenvalue weighted by Crippen LogP contribution is 2.23. The lowest BCUT2D eigenvalue weighted by Crippen LogP contribution is -2.35. The molecule has 182 valence electrons. The van der Waals surface area contributed by atoms with E-state index in [1.54, 1.807) is 0 Å². The van der Waals surface area contributed by atoms with E-state index >= 15 is 0 Å². The normalized spacial score (nSPS) is 14.2. The molecule has 0 aromatic heterocycles. The van der Waals surface area contributed by atoms with Crippen LogP contribution in [0.3, 0.4) is 0 Å². The highest BCUT2D eigenvalue weighted by atomic mass is 32.2. The third-order valence-electron chi connectivity index (χ3n) is 5.21. The molecular weight excluding hydrogens is 464 g/mol. The first-order chi connectivity index (χ1) is 16.2. The van der Waals surface area contributed by atoms with Crippen molar-refractivity contribution in [3.8, 4) is 5.75 Å². The Morgan fingerprint density at radius 2 is 1.44 bits per heavy atom. The highest BCUT2D eigenvalue weighted by Gasteiger charge is 2.25. The Morgan fingerprint density at radius 3 is 1.97 bits per heavy atom. The number of amides is 1. The van der Waals surface area contributed by atoms with Gasteiger partial charge >= 0.3 is 11.9 Å². The Morgan fingerprint density at radius 1 is 0.882 bits per heavy atom. The van der Waals surface area contributed by atoms with E-state index in [1.807, 2.05) is 0 Å². The van der Waals surface area contributed by atoms with Crippen LogP contribution in [-0.2, 0) is 24.3 Å². The maximum atomic E-state index is 12.7. The van der Waals surface area contributed by atoms with Crippen molar-refractivity contribution in [1.29, 1.82) is 0 Å². The van der Waals surface area contributed by atoms with Gasteiger partial charge in [0, 0.05) is 18.8 Å². The van der Waals surface area contributed by atoms with Gasteiger partial charge in [-0.3, -0.25) is 4.79 Å². The number of methoxy groups -OCH3 is 2. The Kier molecular flexibility index (Phi) is 8.24. The van der Waals surface area contributed by atoms with Crippen molar-refractivity contribution in [2.24, 2.45) is 0 Å². The molecule has 11 heteroatoms. The van der Waals surface area contributed by atoms with Gasteiger partial charge in [0.05, 0.1) is 30.2 Å². The number of carbonyl (C=O) groups is 3. The van der Waals surface area contributed by atoms with Gasteiger partial charge in [-0.2, -0.15) is 4.31 Å². The number of carbonyl (C=O) groups excluding carboxylic acids is 3. The fraction of sp³-hybridized carbons (Fsp3) is 0.348. The molecule has 0 saturated carbocycles. The number of benzene rings is 2. The van der Waals surface area contributed by atoms with Crippen molar-refractivity contribution in [1.82, 2.24) is 4.31 Å². The monoisotopic (exact) mass is 490 g/mol. The van der Waals surface area contributed by atoms with Gasteiger partial charge in [0.25, 0.3) is 5.91 Å². The molecule has 1 fully saturated rings. The van der Waals surface area contributed by atoms with Crippen molar-refractivity contribution in [3.63, 3.8) is 0 Å². The van der Waals surface area contributed by atoms with Gasteiger partial charge < -0.3 is 19.5 Å². The average Bonchev–Trinajstić information content (AvgIpc) is 2.87. The van der Waals surface area contributed by atoms with Gasteiger partial charge in [-0.15, -0.1) is 0 Å². The van der Waals surface area contributed by atoms with Gasteiger partial charge in [-0.1, -0.05) is 6.42 Å². The number of hydrogen-bond donors (Lipinski definition) is 1. The van der Waals surface area contributed by atoms with E-state index in [4.69, 9.17) is 4.74 Å². The standard InChI is InChI=1S/C23H26N2O8S/c1-31-22(27)16-12-17(23(28)32-2)14-18(13-16)24-21(26)15-33-19-6-8-20(9-7-19)34(29,30)25-10-4-3-5-11-25/h6-9,12-14H,3-5,10-11,15H2,1-2H3,(H,24,26). The Bertz CT molecular complexity index is 1120. The van der Waals surface area contributed by atoms with Gasteiger partial charge in [-0.05, 0) is 55.3 Å². The van der Waals surface area contributed by atoms with Crippen molar-refractivity contribution in [3.05, 3.63) is 53.6 Å². The van der Waals surface area contributed by atoms with Crippen molar-refractivity contribution < 1.29 is 37.0 Å². The summed E-state index contributed by atoms with van der Waals surface area (Å²) in [7, 11) is -1.16. The molecule has 2 aromatic rings. The number of rotatable bonds is 8. The van der Waals surface area contributed by atoms with E-state index in [9.17, 15) is 22.8 Å². The maximum Gasteiger partial charge on any atom is 0.337 e. The largest absolute Gasteiger partial charge is 0.484 e. The van der Waals surface area contributed by atoms with Crippen LogP contribution in [0.2, 0.25) is 0 Å². The predicted octanol–water partition coefficient (Wildman–Crippen LogP) is 2.45. The number of hydrogen-bond acceptors (Lipinski definition) is 8. The SMILES string of the molecule is COC(=O)c1cc(NC(=O)COc2ccc(S(=O)(=O)N3CCCCC3)cc2)cc(C(=O)OC)c1.